The Bertz CT molecular complexity index is 588. The van der Waals surface area contributed by atoms with Crippen LogP contribution in [0.4, 0.5) is 0 Å². The van der Waals surface area contributed by atoms with Gasteiger partial charge < -0.3 is 10.1 Å². The molecule has 3 rings (SSSR count). The SMILES string of the molecule is C[C@@H](NCC1Cc2cc(Cl)ccc2O1)c1ccncc1. The maximum atomic E-state index is 6.00. The second-order valence-electron chi connectivity index (χ2n) is 5.11. The van der Waals surface area contributed by atoms with Crippen LogP contribution < -0.4 is 10.1 Å². The van der Waals surface area contributed by atoms with Crippen LogP contribution in [0.2, 0.25) is 5.02 Å². The van der Waals surface area contributed by atoms with Crippen LogP contribution in [-0.2, 0) is 6.42 Å². The molecule has 104 valence electrons. The normalized spacial score (nSPS) is 18.4. The van der Waals surface area contributed by atoms with Crippen molar-refractivity contribution in [3.8, 4) is 5.75 Å². The van der Waals surface area contributed by atoms with Gasteiger partial charge >= 0.3 is 0 Å². The molecule has 0 aliphatic carbocycles. The van der Waals surface area contributed by atoms with Gasteiger partial charge in [-0.3, -0.25) is 4.98 Å². The third-order valence-corrected chi connectivity index (χ3v) is 3.86. The van der Waals surface area contributed by atoms with Crippen LogP contribution in [0.5, 0.6) is 5.75 Å². The van der Waals surface area contributed by atoms with Gasteiger partial charge in [-0.25, -0.2) is 0 Å². The van der Waals surface area contributed by atoms with Crippen LogP contribution in [0.25, 0.3) is 0 Å². The third-order valence-electron chi connectivity index (χ3n) is 3.62. The minimum Gasteiger partial charge on any atom is -0.488 e. The topological polar surface area (TPSA) is 34.1 Å². The number of pyridine rings is 1. The summed E-state index contributed by atoms with van der Waals surface area (Å²) in [5.74, 6) is 0.956. The number of halogens is 1. The Morgan fingerprint density at radius 3 is 2.95 bits per heavy atom. The van der Waals surface area contributed by atoms with E-state index in [-0.39, 0.29) is 12.1 Å². The summed E-state index contributed by atoms with van der Waals surface area (Å²) < 4.78 is 5.91. The highest BCUT2D eigenvalue weighted by molar-refractivity contribution is 6.30. The van der Waals surface area contributed by atoms with Gasteiger partial charge in [0.05, 0.1) is 0 Å². The van der Waals surface area contributed by atoms with Crippen LogP contribution in [0.3, 0.4) is 0 Å². The lowest BCUT2D eigenvalue weighted by atomic mass is 10.1. The van der Waals surface area contributed by atoms with E-state index in [1.54, 1.807) is 0 Å². The zero-order valence-electron chi connectivity index (χ0n) is 11.3. The Labute approximate surface area is 123 Å². The number of hydrogen-bond acceptors (Lipinski definition) is 3. The minimum absolute atomic E-state index is 0.174. The zero-order valence-corrected chi connectivity index (χ0v) is 12.1. The maximum absolute atomic E-state index is 6.00. The largest absolute Gasteiger partial charge is 0.488 e. The van der Waals surface area contributed by atoms with Crippen molar-refractivity contribution >= 4 is 11.6 Å². The fraction of sp³-hybridized carbons (Fsp3) is 0.312. The fourth-order valence-electron chi connectivity index (χ4n) is 2.48. The molecule has 2 atom stereocenters. The summed E-state index contributed by atoms with van der Waals surface area (Å²) in [6.45, 7) is 2.96. The van der Waals surface area contributed by atoms with E-state index < -0.39 is 0 Å². The summed E-state index contributed by atoms with van der Waals surface area (Å²) in [4.78, 5) is 4.04. The molecule has 0 saturated carbocycles. The van der Waals surface area contributed by atoms with Crippen LogP contribution in [0, 0.1) is 0 Å². The number of rotatable bonds is 4. The summed E-state index contributed by atoms with van der Waals surface area (Å²) in [5.41, 5.74) is 2.43. The van der Waals surface area contributed by atoms with Crippen molar-refractivity contribution in [2.45, 2.75) is 25.5 Å². The van der Waals surface area contributed by atoms with E-state index in [1.165, 1.54) is 11.1 Å². The second kappa shape index (κ2) is 5.81. The summed E-state index contributed by atoms with van der Waals surface area (Å²) in [7, 11) is 0. The van der Waals surface area contributed by atoms with E-state index in [0.717, 1.165) is 23.7 Å². The van der Waals surface area contributed by atoms with E-state index in [2.05, 4.69) is 17.2 Å². The van der Waals surface area contributed by atoms with Crippen LogP contribution >= 0.6 is 11.6 Å². The molecule has 1 aromatic carbocycles. The summed E-state index contributed by atoms with van der Waals surface area (Å²) in [6, 6.07) is 10.2. The van der Waals surface area contributed by atoms with Gasteiger partial charge in [-0.1, -0.05) is 11.6 Å². The van der Waals surface area contributed by atoms with Gasteiger partial charge in [0.25, 0.3) is 0 Å². The van der Waals surface area contributed by atoms with Crippen molar-refractivity contribution in [1.29, 1.82) is 0 Å². The Kier molecular flexibility index (Phi) is 3.90. The first-order valence-electron chi connectivity index (χ1n) is 6.81. The van der Waals surface area contributed by atoms with Crippen molar-refractivity contribution in [1.82, 2.24) is 10.3 Å². The lowest BCUT2D eigenvalue weighted by Gasteiger charge is -2.17. The molecule has 1 aliphatic heterocycles. The van der Waals surface area contributed by atoms with Gasteiger partial charge in [-0.2, -0.15) is 0 Å². The monoisotopic (exact) mass is 288 g/mol. The van der Waals surface area contributed by atoms with Gasteiger partial charge in [-0.05, 0) is 48.4 Å². The van der Waals surface area contributed by atoms with Crippen LogP contribution in [0.1, 0.15) is 24.1 Å². The number of ether oxygens (including phenoxy) is 1. The zero-order chi connectivity index (χ0) is 13.9. The Morgan fingerprint density at radius 1 is 1.35 bits per heavy atom. The molecule has 1 aromatic heterocycles. The number of hydrogen-bond donors (Lipinski definition) is 1. The quantitative estimate of drug-likeness (QED) is 0.936. The highest BCUT2D eigenvalue weighted by atomic mass is 35.5. The molecule has 1 unspecified atom stereocenters. The molecule has 1 N–H and O–H groups in total. The first kappa shape index (κ1) is 13.4. The molecule has 0 saturated heterocycles. The number of nitrogens with one attached hydrogen (secondary N) is 1. The highest BCUT2D eigenvalue weighted by Crippen LogP contribution is 2.31. The molecule has 2 aromatic rings. The third kappa shape index (κ3) is 2.94. The van der Waals surface area contributed by atoms with E-state index >= 15 is 0 Å². The first-order chi connectivity index (χ1) is 9.72. The molecule has 20 heavy (non-hydrogen) atoms. The van der Waals surface area contributed by atoms with Crippen molar-refractivity contribution in [3.63, 3.8) is 0 Å². The molecular weight excluding hydrogens is 272 g/mol. The Hall–Kier alpha value is -1.58. The molecule has 0 spiro atoms. The molecule has 1 aliphatic rings. The van der Waals surface area contributed by atoms with Gasteiger partial charge in [0.15, 0.2) is 0 Å². The molecule has 2 heterocycles. The average molecular weight is 289 g/mol. The summed E-state index contributed by atoms with van der Waals surface area (Å²) in [6.07, 6.45) is 4.72. The number of benzene rings is 1. The molecule has 0 radical (unpaired) electrons. The number of fused-ring (bicyclic) bond motifs is 1. The van der Waals surface area contributed by atoms with Crippen LogP contribution in [-0.4, -0.2) is 17.6 Å². The maximum Gasteiger partial charge on any atom is 0.123 e. The fourth-order valence-corrected chi connectivity index (χ4v) is 2.68. The lowest BCUT2D eigenvalue weighted by molar-refractivity contribution is 0.222. The first-order valence-corrected chi connectivity index (χ1v) is 7.18. The van der Waals surface area contributed by atoms with Gasteiger partial charge in [0.2, 0.25) is 0 Å². The second-order valence-corrected chi connectivity index (χ2v) is 5.54. The molecule has 4 heteroatoms. The molecule has 0 fully saturated rings. The van der Waals surface area contributed by atoms with E-state index in [1.807, 2.05) is 42.7 Å². The summed E-state index contributed by atoms with van der Waals surface area (Å²) in [5, 5.41) is 4.27. The van der Waals surface area contributed by atoms with Gasteiger partial charge in [-0.15, -0.1) is 0 Å². The highest BCUT2D eigenvalue weighted by Gasteiger charge is 2.23. The smallest absolute Gasteiger partial charge is 0.123 e. The van der Waals surface area contributed by atoms with E-state index in [0.29, 0.717) is 0 Å². The van der Waals surface area contributed by atoms with Gasteiger partial charge in [0, 0.05) is 36.4 Å². The standard InChI is InChI=1S/C16H17ClN2O/c1-11(12-4-6-18-7-5-12)19-10-15-9-13-8-14(17)2-3-16(13)20-15/h2-8,11,15,19H,9-10H2,1H3/t11-,15?/m1/s1. The van der Waals surface area contributed by atoms with Crippen molar-refractivity contribution in [2.75, 3.05) is 6.54 Å². The van der Waals surface area contributed by atoms with E-state index in [4.69, 9.17) is 16.3 Å². The van der Waals surface area contributed by atoms with Crippen molar-refractivity contribution < 1.29 is 4.74 Å². The number of aromatic nitrogens is 1. The minimum atomic E-state index is 0.174. The van der Waals surface area contributed by atoms with Crippen molar-refractivity contribution in [3.05, 3.63) is 58.9 Å². The van der Waals surface area contributed by atoms with Crippen LogP contribution in [0.15, 0.2) is 42.7 Å². The van der Waals surface area contributed by atoms with Gasteiger partial charge in [0.1, 0.15) is 11.9 Å². The lowest BCUT2D eigenvalue weighted by Crippen LogP contribution is -2.31. The molecular formula is C16H17ClN2O. The Balaban J connectivity index is 1.56. The predicted molar refractivity (Wildman–Crippen MR) is 80.2 cm³/mol. The van der Waals surface area contributed by atoms with E-state index in [9.17, 15) is 0 Å². The predicted octanol–water partition coefficient (Wildman–Crippen LogP) is 3.39. The molecule has 0 amide bonds. The van der Waals surface area contributed by atoms with Crippen molar-refractivity contribution in [2.24, 2.45) is 0 Å². The molecule has 0 bridgehead atoms. The number of nitrogens with zero attached hydrogens (tertiary/aromatic N) is 1. The Morgan fingerprint density at radius 2 is 2.15 bits per heavy atom. The molecule has 3 nitrogen and oxygen atoms in total. The summed E-state index contributed by atoms with van der Waals surface area (Å²) >= 11 is 6.00. The average Bonchev–Trinajstić information content (AvgIpc) is 2.87.